The van der Waals surface area contributed by atoms with Crippen LogP contribution in [0, 0.1) is 0 Å². The van der Waals surface area contributed by atoms with Gasteiger partial charge in [0.05, 0.1) is 5.52 Å². The van der Waals surface area contributed by atoms with E-state index in [1.807, 2.05) is 30.3 Å². The highest BCUT2D eigenvalue weighted by molar-refractivity contribution is 6.30. The van der Waals surface area contributed by atoms with E-state index in [1.54, 1.807) is 17.3 Å². The van der Waals surface area contributed by atoms with Gasteiger partial charge in [-0.15, -0.1) is 0 Å². The highest BCUT2D eigenvalue weighted by atomic mass is 35.5. The predicted octanol–water partition coefficient (Wildman–Crippen LogP) is 3.56. The van der Waals surface area contributed by atoms with Crippen molar-refractivity contribution in [2.75, 3.05) is 6.79 Å². The van der Waals surface area contributed by atoms with Gasteiger partial charge in [-0.2, -0.15) is 0 Å². The van der Waals surface area contributed by atoms with Crippen LogP contribution < -0.4 is 9.47 Å². The van der Waals surface area contributed by atoms with E-state index in [2.05, 4.69) is 9.97 Å². The Morgan fingerprint density at radius 1 is 1.23 bits per heavy atom. The van der Waals surface area contributed by atoms with Gasteiger partial charge in [-0.3, -0.25) is 9.78 Å². The van der Waals surface area contributed by atoms with Crippen LogP contribution in [-0.4, -0.2) is 27.6 Å². The third-order valence-electron chi connectivity index (χ3n) is 4.24. The Morgan fingerprint density at radius 2 is 2.04 bits per heavy atom. The SMILES string of the molecule is CC(=O)N(Cc1cccnc1)Cc1cc2cc3c(cc2nc1Cl)OCO3. The Bertz CT molecular complexity index is 979. The first kappa shape index (κ1) is 16.6. The molecule has 0 unspecified atom stereocenters. The third kappa shape index (κ3) is 3.28. The van der Waals surface area contributed by atoms with Gasteiger partial charge in [0.15, 0.2) is 11.5 Å². The van der Waals surface area contributed by atoms with Crippen molar-refractivity contribution in [2.45, 2.75) is 20.0 Å². The second-order valence-corrected chi connectivity index (χ2v) is 6.43. The van der Waals surface area contributed by atoms with Crippen LogP contribution in [0.1, 0.15) is 18.1 Å². The Balaban J connectivity index is 1.65. The van der Waals surface area contributed by atoms with Crippen molar-refractivity contribution in [1.29, 1.82) is 0 Å². The molecule has 7 heteroatoms. The molecule has 1 aromatic carbocycles. The molecule has 0 spiro atoms. The first-order valence-corrected chi connectivity index (χ1v) is 8.51. The van der Waals surface area contributed by atoms with Gasteiger partial charge in [-0.25, -0.2) is 4.98 Å². The quantitative estimate of drug-likeness (QED) is 0.658. The standard InChI is InChI=1S/C19H16ClN3O3/c1-12(24)23(9-13-3-2-4-21-8-13)10-15-5-14-6-17-18(26-11-25-17)7-16(14)22-19(15)20/h2-8H,9-11H2,1H3. The minimum atomic E-state index is -0.0456. The molecule has 0 atom stereocenters. The summed E-state index contributed by atoms with van der Waals surface area (Å²) in [6.45, 7) is 2.56. The number of hydrogen-bond acceptors (Lipinski definition) is 5. The molecule has 26 heavy (non-hydrogen) atoms. The van der Waals surface area contributed by atoms with Crippen LogP contribution in [-0.2, 0) is 17.9 Å². The number of ether oxygens (including phenoxy) is 2. The Kier molecular flexibility index (Phi) is 4.34. The van der Waals surface area contributed by atoms with E-state index in [4.69, 9.17) is 21.1 Å². The molecule has 0 saturated heterocycles. The maximum Gasteiger partial charge on any atom is 0.231 e. The van der Waals surface area contributed by atoms with Crippen LogP contribution in [0.3, 0.4) is 0 Å². The van der Waals surface area contributed by atoms with Gasteiger partial charge in [0.2, 0.25) is 12.7 Å². The predicted molar refractivity (Wildman–Crippen MR) is 97.0 cm³/mol. The topological polar surface area (TPSA) is 64.6 Å². The van der Waals surface area contributed by atoms with Crippen molar-refractivity contribution < 1.29 is 14.3 Å². The molecular weight excluding hydrogens is 354 g/mol. The minimum Gasteiger partial charge on any atom is -0.454 e. The Hall–Kier alpha value is -2.86. The minimum absolute atomic E-state index is 0.0456. The molecule has 0 bridgehead atoms. The van der Waals surface area contributed by atoms with E-state index >= 15 is 0 Å². The average molecular weight is 370 g/mol. The van der Waals surface area contributed by atoms with E-state index in [0.717, 1.165) is 22.0 Å². The van der Waals surface area contributed by atoms with Crippen molar-refractivity contribution in [3.63, 3.8) is 0 Å². The third-order valence-corrected chi connectivity index (χ3v) is 4.57. The molecule has 4 rings (SSSR count). The molecule has 1 aliphatic rings. The lowest BCUT2D eigenvalue weighted by Crippen LogP contribution is -2.28. The van der Waals surface area contributed by atoms with E-state index < -0.39 is 0 Å². The van der Waals surface area contributed by atoms with Crippen molar-refractivity contribution in [3.05, 3.63) is 59.0 Å². The first-order valence-electron chi connectivity index (χ1n) is 8.13. The maximum atomic E-state index is 12.1. The lowest BCUT2D eigenvalue weighted by molar-refractivity contribution is -0.130. The lowest BCUT2D eigenvalue weighted by Gasteiger charge is -2.21. The second kappa shape index (κ2) is 6.80. The number of nitrogens with zero attached hydrogens (tertiary/aromatic N) is 3. The number of aromatic nitrogens is 2. The van der Waals surface area contributed by atoms with Gasteiger partial charge >= 0.3 is 0 Å². The zero-order valence-corrected chi connectivity index (χ0v) is 14.9. The fraction of sp³-hybridized carbons (Fsp3) is 0.211. The van der Waals surface area contributed by atoms with Crippen LogP contribution in [0.4, 0.5) is 0 Å². The molecule has 2 aromatic heterocycles. The number of benzene rings is 1. The largest absolute Gasteiger partial charge is 0.454 e. The summed E-state index contributed by atoms with van der Waals surface area (Å²) in [5.41, 5.74) is 2.46. The number of fused-ring (bicyclic) bond motifs is 2. The van der Waals surface area contributed by atoms with Crippen molar-refractivity contribution in [2.24, 2.45) is 0 Å². The zero-order valence-electron chi connectivity index (χ0n) is 14.1. The summed E-state index contributed by atoms with van der Waals surface area (Å²) in [6, 6.07) is 9.41. The average Bonchev–Trinajstić information content (AvgIpc) is 3.08. The number of amides is 1. The van der Waals surface area contributed by atoms with Crippen molar-refractivity contribution in [1.82, 2.24) is 14.9 Å². The van der Waals surface area contributed by atoms with Gasteiger partial charge in [-0.1, -0.05) is 17.7 Å². The van der Waals surface area contributed by atoms with Gasteiger partial charge in [-0.05, 0) is 23.8 Å². The lowest BCUT2D eigenvalue weighted by atomic mass is 10.1. The van der Waals surface area contributed by atoms with Crippen LogP contribution in [0.5, 0.6) is 11.5 Å². The van der Waals surface area contributed by atoms with Crippen LogP contribution >= 0.6 is 11.6 Å². The van der Waals surface area contributed by atoms with E-state index in [9.17, 15) is 4.79 Å². The van der Waals surface area contributed by atoms with Crippen LogP contribution in [0.15, 0.2) is 42.7 Å². The zero-order chi connectivity index (χ0) is 18.1. The molecule has 3 heterocycles. The van der Waals surface area contributed by atoms with Gasteiger partial charge in [0.25, 0.3) is 0 Å². The molecule has 6 nitrogen and oxygen atoms in total. The molecule has 132 valence electrons. The first-order chi connectivity index (χ1) is 12.6. The Labute approximate surface area is 155 Å². The molecular formula is C19H16ClN3O3. The van der Waals surface area contributed by atoms with Crippen molar-refractivity contribution in [3.8, 4) is 11.5 Å². The van der Waals surface area contributed by atoms with Gasteiger partial charge in [0.1, 0.15) is 5.15 Å². The summed E-state index contributed by atoms with van der Waals surface area (Å²) in [5.74, 6) is 1.30. The number of carbonyl (C=O) groups excluding carboxylic acids is 1. The molecule has 0 N–H and O–H groups in total. The summed E-state index contributed by atoms with van der Waals surface area (Å²) in [7, 11) is 0. The van der Waals surface area contributed by atoms with E-state index in [-0.39, 0.29) is 12.7 Å². The number of pyridine rings is 2. The number of rotatable bonds is 4. The number of hydrogen-bond donors (Lipinski definition) is 0. The van der Waals surface area contributed by atoms with Gasteiger partial charge < -0.3 is 14.4 Å². The fourth-order valence-corrected chi connectivity index (χ4v) is 3.10. The Morgan fingerprint density at radius 3 is 2.77 bits per heavy atom. The van der Waals surface area contributed by atoms with E-state index in [0.29, 0.717) is 29.7 Å². The molecule has 1 aliphatic heterocycles. The molecule has 0 radical (unpaired) electrons. The van der Waals surface area contributed by atoms with Crippen LogP contribution in [0.2, 0.25) is 5.15 Å². The maximum absolute atomic E-state index is 12.1. The normalized spacial score (nSPS) is 12.4. The summed E-state index contributed by atoms with van der Waals surface area (Å²) in [4.78, 5) is 22.3. The monoisotopic (exact) mass is 369 g/mol. The molecule has 0 fully saturated rings. The molecule has 3 aromatic rings. The van der Waals surface area contributed by atoms with Crippen molar-refractivity contribution >= 4 is 28.4 Å². The summed E-state index contributed by atoms with van der Waals surface area (Å²) < 4.78 is 10.8. The summed E-state index contributed by atoms with van der Waals surface area (Å²) in [6.07, 6.45) is 3.45. The summed E-state index contributed by atoms with van der Waals surface area (Å²) in [5, 5.41) is 1.26. The van der Waals surface area contributed by atoms with E-state index in [1.165, 1.54) is 6.92 Å². The highest BCUT2D eigenvalue weighted by Crippen LogP contribution is 2.36. The molecule has 0 aliphatic carbocycles. The molecule has 0 saturated carbocycles. The smallest absolute Gasteiger partial charge is 0.231 e. The number of carbonyl (C=O) groups is 1. The van der Waals surface area contributed by atoms with Crippen LogP contribution in [0.25, 0.3) is 10.9 Å². The second-order valence-electron chi connectivity index (χ2n) is 6.07. The molecule has 1 amide bonds. The summed E-state index contributed by atoms with van der Waals surface area (Å²) >= 11 is 6.37. The fourth-order valence-electron chi connectivity index (χ4n) is 2.89. The number of halogens is 1. The van der Waals surface area contributed by atoms with Gasteiger partial charge in [0, 0.05) is 49.4 Å². The highest BCUT2D eigenvalue weighted by Gasteiger charge is 2.18.